The van der Waals surface area contributed by atoms with Crippen molar-refractivity contribution in [2.75, 3.05) is 0 Å². The van der Waals surface area contributed by atoms with E-state index >= 15 is 0 Å². The summed E-state index contributed by atoms with van der Waals surface area (Å²) in [6.07, 6.45) is 6.84. The van der Waals surface area contributed by atoms with Gasteiger partial charge in [-0.1, -0.05) is 188 Å². The molecule has 0 aliphatic heterocycles. The van der Waals surface area contributed by atoms with Gasteiger partial charge < -0.3 is 0 Å². The van der Waals surface area contributed by atoms with Crippen molar-refractivity contribution < 1.29 is 0 Å². The van der Waals surface area contributed by atoms with E-state index < -0.39 is 0 Å². The Bertz CT molecular complexity index is 2800. The van der Waals surface area contributed by atoms with Crippen molar-refractivity contribution in [1.29, 1.82) is 0 Å². The first-order chi connectivity index (χ1) is 25.8. The molecule has 0 heterocycles. The third kappa shape index (κ3) is 5.15. The molecule has 1 aliphatic rings. The largest absolute Gasteiger partial charge is 0.0836 e. The molecule has 0 N–H and O–H groups in total. The monoisotopic (exact) mass is 660 g/mol. The third-order valence-corrected chi connectivity index (χ3v) is 11.0. The van der Waals surface area contributed by atoms with Gasteiger partial charge in [-0.25, -0.2) is 0 Å². The van der Waals surface area contributed by atoms with Gasteiger partial charge in [-0.05, 0) is 118 Å². The van der Waals surface area contributed by atoms with Crippen LogP contribution in [0.5, 0.6) is 0 Å². The van der Waals surface area contributed by atoms with Gasteiger partial charge >= 0.3 is 0 Å². The first-order valence-electron chi connectivity index (χ1n) is 18.3. The summed E-state index contributed by atoms with van der Waals surface area (Å²) in [5.41, 5.74) is 15.3. The van der Waals surface area contributed by atoms with Crippen LogP contribution in [0.3, 0.4) is 0 Å². The van der Waals surface area contributed by atoms with Crippen molar-refractivity contribution >= 4 is 38.4 Å². The quantitative estimate of drug-likeness (QED) is 0.161. The number of benzene rings is 9. The molecule has 0 radical (unpaired) electrons. The van der Waals surface area contributed by atoms with Crippen molar-refractivity contribution in [3.05, 3.63) is 199 Å². The highest BCUT2D eigenvalue weighted by molar-refractivity contribution is 6.22. The molecule has 0 bridgehead atoms. The molecule has 0 saturated carbocycles. The number of hydrogen-bond acceptors (Lipinski definition) is 0. The number of rotatable bonds is 5. The van der Waals surface area contributed by atoms with Gasteiger partial charge in [0.1, 0.15) is 0 Å². The lowest BCUT2D eigenvalue weighted by Crippen LogP contribution is -1.97. The molecule has 0 atom stereocenters. The fourth-order valence-electron chi connectivity index (χ4n) is 8.44. The van der Waals surface area contributed by atoms with Crippen molar-refractivity contribution in [2.45, 2.75) is 12.8 Å². The van der Waals surface area contributed by atoms with Gasteiger partial charge in [-0.15, -0.1) is 0 Å². The molecule has 1 aliphatic carbocycles. The van der Waals surface area contributed by atoms with E-state index in [1.54, 1.807) is 0 Å². The lowest BCUT2D eigenvalue weighted by molar-refractivity contribution is 0.986. The van der Waals surface area contributed by atoms with E-state index in [0.717, 1.165) is 12.8 Å². The van der Waals surface area contributed by atoms with Crippen molar-refractivity contribution in [3.63, 3.8) is 0 Å². The Labute approximate surface area is 305 Å². The molecule has 0 aromatic heterocycles. The lowest BCUT2D eigenvalue weighted by atomic mass is 9.83. The molecular formula is C52H36. The van der Waals surface area contributed by atoms with Gasteiger partial charge in [0.05, 0.1) is 0 Å². The van der Waals surface area contributed by atoms with Crippen LogP contribution in [-0.4, -0.2) is 0 Å². The minimum Gasteiger partial charge on any atom is -0.0836 e. The predicted molar refractivity (Wildman–Crippen MR) is 223 cm³/mol. The maximum absolute atomic E-state index is 2.45. The van der Waals surface area contributed by atoms with Crippen molar-refractivity contribution in [1.82, 2.24) is 0 Å². The molecule has 0 unspecified atom stereocenters. The second kappa shape index (κ2) is 12.7. The molecule has 0 saturated heterocycles. The van der Waals surface area contributed by atoms with Crippen LogP contribution in [0.4, 0.5) is 0 Å². The van der Waals surface area contributed by atoms with E-state index in [1.807, 2.05) is 0 Å². The SMILES string of the molecule is C1=Cc2c(cccc2-c2ccc3c(-c4ccc(-c5ccccc5)cc4)c4ccccc4c(-c4ccc(-c5cccc6ccccc56)cc4)c3c2)CC1. The van der Waals surface area contributed by atoms with E-state index in [1.165, 1.54) is 99.1 Å². The van der Waals surface area contributed by atoms with Gasteiger partial charge in [0.25, 0.3) is 0 Å². The molecule has 52 heavy (non-hydrogen) atoms. The Morgan fingerprint density at radius 1 is 0.327 bits per heavy atom. The Morgan fingerprint density at radius 3 is 1.63 bits per heavy atom. The van der Waals surface area contributed by atoms with E-state index in [9.17, 15) is 0 Å². The molecule has 0 heteroatoms. The minimum absolute atomic E-state index is 1.09. The lowest BCUT2D eigenvalue weighted by Gasteiger charge is -2.20. The van der Waals surface area contributed by atoms with Crippen LogP contribution >= 0.6 is 0 Å². The minimum atomic E-state index is 1.09. The summed E-state index contributed by atoms with van der Waals surface area (Å²) in [4.78, 5) is 0. The summed E-state index contributed by atoms with van der Waals surface area (Å²) < 4.78 is 0. The second-order valence-electron chi connectivity index (χ2n) is 13.9. The normalized spacial score (nSPS) is 12.4. The Balaban J connectivity index is 1.21. The van der Waals surface area contributed by atoms with Crippen LogP contribution in [0.25, 0.3) is 94.0 Å². The highest BCUT2D eigenvalue weighted by Gasteiger charge is 2.19. The average molecular weight is 661 g/mol. The summed E-state index contributed by atoms with van der Waals surface area (Å²) in [7, 11) is 0. The molecule has 10 rings (SSSR count). The van der Waals surface area contributed by atoms with E-state index in [4.69, 9.17) is 0 Å². The standard InChI is InChI=1S/C52H36/c1-2-12-35(13-3-1)36-24-28-40(29-25-36)51-47-20-8-9-21-48(47)52(41-30-26-39(27-31-41)45-22-10-16-37-14-4-6-18-43(37)45)50-34-42(32-33-49(50)51)46-23-11-17-38-15-5-7-19-44(38)46/h1-4,6-14,16-34H,5,15H2. The smallest absolute Gasteiger partial charge is 0.00261 e. The Hall–Kier alpha value is -6.50. The summed E-state index contributed by atoms with van der Waals surface area (Å²) >= 11 is 0. The van der Waals surface area contributed by atoms with Gasteiger partial charge in [-0.2, -0.15) is 0 Å². The molecule has 0 amide bonds. The van der Waals surface area contributed by atoms with E-state index in [-0.39, 0.29) is 0 Å². The topological polar surface area (TPSA) is 0 Å². The molecular weight excluding hydrogens is 625 g/mol. The maximum Gasteiger partial charge on any atom is -0.00261 e. The maximum atomic E-state index is 2.45. The average Bonchev–Trinajstić information content (AvgIpc) is 3.22. The molecule has 0 spiro atoms. The fraction of sp³-hybridized carbons (Fsp3) is 0.0385. The van der Waals surface area contributed by atoms with Crippen LogP contribution in [0.1, 0.15) is 17.5 Å². The molecule has 0 fully saturated rings. The second-order valence-corrected chi connectivity index (χ2v) is 13.9. The third-order valence-electron chi connectivity index (χ3n) is 11.0. The summed E-state index contributed by atoms with van der Waals surface area (Å²) in [6.45, 7) is 0. The zero-order valence-corrected chi connectivity index (χ0v) is 28.9. The highest BCUT2D eigenvalue weighted by Crippen LogP contribution is 2.46. The van der Waals surface area contributed by atoms with Crippen LogP contribution in [-0.2, 0) is 6.42 Å². The van der Waals surface area contributed by atoms with Gasteiger partial charge in [0, 0.05) is 0 Å². The van der Waals surface area contributed by atoms with E-state index in [2.05, 4.69) is 194 Å². The molecule has 0 nitrogen and oxygen atoms in total. The number of aryl methyl sites for hydroxylation is 1. The molecule has 9 aromatic rings. The molecule has 244 valence electrons. The zero-order chi connectivity index (χ0) is 34.4. The Morgan fingerprint density at radius 2 is 0.865 bits per heavy atom. The van der Waals surface area contributed by atoms with Gasteiger partial charge in [0.15, 0.2) is 0 Å². The summed E-state index contributed by atoms with van der Waals surface area (Å²) in [5, 5.41) is 7.61. The number of allylic oxidation sites excluding steroid dienone is 1. The first-order valence-corrected chi connectivity index (χ1v) is 18.3. The molecule has 9 aromatic carbocycles. The predicted octanol–water partition coefficient (Wildman–Crippen LogP) is 14.4. The van der Waals surface area contributed by atoms with Crippen molar-refractivity contribution in [2.24, 2.45) is 0 Å². The van der Waals surface area contributed by atoms with Crippen LogP contribution < -0.4 is 0 Å². The highest BCUT2D eigenvalue weighted by atomic mass is 14.2. The van der Waals surface area contributed by atoms with E-state index in [0.29, 0.717) is 0 Å². The Kier molecular flexibility index (Phi) is 7.40. The summed E-state index contributed by atoms with van der Waals surface area (Å²) in [5.74, 6) is 0. The van der Waals surface area contributed by atoms with Gasteiger partial charge in [-0.3, -0.25) is 0 Å². The fourth-order valence-corrected chi connectivity index (χ4v) is 8.44. The van der Waals surface area contributed by atoms with Crippen LogP contribution in [0, 0.1) is 0 Å². The number of hydrogen-bond donors (Lipinski definition) is 0. The van der Waals surface area contributed by atoms with Gasteiger partial charge in [0.2, 0.25) is 0 Å². The zero-order valence-electron chi connectivity index (χ0n) is 28.9. The summed E-state index contributed by atoms with van der Waals surface area (Å²) in [6, 6.07) is 67.2. The first kappa shape index (κ1) is 30.3. The number of fused-ring (bicyclic) bond motifs is 4. The van der Waals surface area contributed by atoms with Crippen molar-refractivity contribution in [3.8, 4) is 55.6 Å². The van der Waals surface area contributed by atoms with Crippen LogP contribution in [0.2, 0.25) is 0 Å². The van der Waals surface area contributed by atoms with Crippen LogP contribution in [0.15, 0.2) is 188 Å².